The van der Waals surface area contributed by atoms with Gasteiger partial charge < -0.3 is 19.7 Å². The van der Waals surface area contributed by atoms with Crippen molar-refractivity contribution >= 4 is 29.3 Å². The Bertz CT molecular complexity index is 1020. The zero-order chi connectivity index (χ0) is 21.5. The number of thioether (sulfide) groups is 1. The molecular formula is C21H22N4O4S. The molecule has 0 aliphatic rings. The highest BCUT2D eigenvalue weighted by atomic mass is 32.2. The van der Waals surface area contributed by atoms with Crippen molar-refractivity contribution in [2.45, 2.75) is 25.1 Å². The fraction of sp³-hybridized carbons (Fsp3) is 0.238. The van der Waals surface area contributed by atoms with Crippen LogP contribution in [0.2, 0.25) is 0 Å². The molecule has 0 radical (unpaired) electrons. The Kier molecular flexibility index (Phi) is 7.08. The van der Waals surface area contributed by atoms with Crippen molar-refractivity contribution in [3.63, 3.8) is 0 Å². The van der Waals surface area contributed by atoms with Gasteiger partial charge in [-0.1, -0.05) is 30.8 Å². The molecule has 3 aromatic rings. The van der Waals surface area contributed by atoms with Gasteiger partial charge in [0, 0.05) is 12.7 Å². The molecular weight excluding hydrogens is 404 g/mol. The van der Waals surface area contributed by atoms with Gasteiger partial charge in [0.1, 0.15) is 12.4 Å². The Morgan fingerprint density at radius 1 is 1.10 bits per heavy atom. The molecule has 0 atom stereocenters. The summed E-state index contributed by atoms with van der Waals surface area (Å²) in [6.45, 7) is 2.38. The second-order valence-electron chi connectivity index (χ2n) is 6.46. The molecule has 0 bridgehead atoms. The summed E-state index contributed by atoms with van der Waals surface area (Å²) in [4.78, 5) is 23.0. The molecule has 30 heavy (non-hydrogen) atoms. The van der Waals surface area contributed by atoms with Crippen molar-refractivity contribution in [2.75, 3.05) is 11.1 Å². The van der Waals surface area contributed by atoms with Crippen molar-refractivity contribution in [1.29, 1.82) is 0 Å². The second kappa shape index (κ2) is 9.93. The van der Waals surface area contributed by atoms with Crippen molar-refractivity contribution in [1.82, 2.24) is 14.8 Å². The lowest BCUT2D eigenvalue weighted by molar-refractivity contribution is -0.113. The number of hydrogen-bond acceptors (Lipinski definition) is 6. The number of carbonyl (C=O) groups excluding carboxylic acids is 1. The number of nitrogens with one attached hydrogen (secondary N) is 1. The van der Waals surface area contributed by atoms with Crippen LogP contribution in [0.15, 0.2) is 53.7 Å². The standard InChI is InChI=1S/C21H22N4O4S/c1-3-14-4-10-17(11-5-14)29-12-18-23-24-21(25(18)2)30-13-19(26)22-16-8-6-15(7-9-16)20(27)28/h4-11H,3,12-13H2,1-2H3,(H,22,26)(H,27,28). The number of carboxylic acids is 1. The molecule has 1 heterocycles. The normalized spacial score (nSPS) is 10.6. The number of anilines is 1. The minimum atomic E-state index is -1.01. The van der Waals surface area contributed by atoms with E-state index in [9.17, 15) is 9.59 Å². The van der Waals surface area contributed by atoms with Gasteiger partial charge >= 0.3 is 5.97 Å². The lowest BCUT2D eigenvalue weighted by Gasteiger charge is -2.07. The molecule has 3 rings (SSSR count). The quantitative estimate of drug-likeness (QED) is 0.505. The number of carbonyl (C=O) groups is 2. The summed E-state index contributed by atoms with van der Waals surface area (Å²) in [5, 5.41) is 20.5. The van der Waals surface area contributed by atoms with Crippen LogP contribution in [0.3, 0.4) is 0 Å². The molecule has 0 fully saturated rings. The summed E-state index contributed by atoms with van der Waals surface area (Å²) < 4.78 is 7.55. The van der Waals surface area contributed by atoms with E-state index >= 15 is 0 Å². The lowest BCUT2D eigenvalue weighted by Crippen LogP contribution is -2.14. The predicted octanol–water partition coefficient (Wildman–Crippen LogP) is 3.39. The molecule has 0 aliphatic heterocycles. The highest BCUT2D eigenvalue weighted by molar-refractivity contribution is 7.99. The topological polar surface area (TPSA) is 106 Å². The Balaban J connectivity index is 1.50. The number of ether oxygens (including phenoxy) is 1. The van der Waals surface area contributed by atoms with Crippen molar-refractivity contribution in [3.8, 4) is 5.75 Å². The van der Waals surface area contributed by atoms with E-state index in [2.05, 4.69) is 22.4 Å². The van der Waals surface area contributed by atoms with Crippen LogP contribution in [-0.4, -0.2) is 37.5 Å². The van der Waals surface area contributed by atoms with Crippen LogP contribution >= 0.6 is 11.8 Å². The number of rotatable bonds is 9. The smallest absolute Gasteiger partial charge is 0.335 e. The van der Waals surface area contributed by atoms with E-state index in [1.165, 1.54) is 29.5 Å². The summed E-state index contributed by atoms with van der Waals surface area (Å²) >= 11 is 1.26. The number of aryl methyl sites for hydroxylation is 1. The molecule has 0 saturated carbocycles. The first-order chi connectivity index (χ1) is 14.5. The largest absolute Gasteiger partial charge is 0.486 e. The van der Waals surface area contributed by atoms with Gasteiger partial charge in [-0.3, -0.25) is 4.79 Å². The Morgan fingerprint density at radius 2 is 1.80 bits per heavy atom. The molecule has 1 amide bonds. The van der Waals surface area contributed by atoms with Crippen LogP contribution in [0.1, 0.15) is 28.7 Å². The lowest BCUT2D eigenvalue weighted by atomic mass is 10.2. The minimum absolute atomic E-state index is 0.145. The van der Waals surface area contributed by atoms with Gasteiger partial charge in [-0.05, 0) is 48.4 Å². The maximum absolute atomic E-state index is 12.2. The molecule has 156 valence electrons. The maximum Gasteiger partial charge on any atom is 0.335 e. The Labute approximate surface area is 178 Å². The van der Waals surface area contributed by atoms with Crippen LogP contribution in [-0.2, 0) is 24.9 Å². The molecule has 1 aromatic heterocycles. The van der Waals surface area contributed by atoms with E-state index < -0.39 is 5.97 Å². The molecule has 2 aromatic carbocycles. The van der Waals surface area contributed by atoms with E-state index in [0.717, 1.165) is 12.2 Å². The van der Waals surface area contributed by atoms with Crippen LogP contribution in [0, 0.1) is 0 Å². The zero-order valence-corrected chi connectivity index (χ0v) is 17.5. The summed E-state index contributed by atoms with van der Waals surface area (Å²) in [6, 6.07) is 13.9. The Hall–Kier alpha value is -3.33. The molecule has 9 heteroatoms. The van der Waals surface area contributed by atoms with E-state index in [0.29, 0.717) is 16.7 Å². The number of nitrogens with zero attached hydrogens (tertiary/aromatic N) is 3. The van der Waals surface area contributed by atoms with Crippen LogP contribution in [0.4, 0.5) is 5.69 Å². The van der Waals surface area contributed by atoms with Gasteiger partial charge in [0.15, 0.2) is 11.0 Å². The first-order valence-electron chi connectivity index (χ1n) is 9.32. The summed E-state index contributed by atoms with van der Waals surface area (Å²) in [7, 11) is 1.82. The van der Waals surface area contributed by atoms with Crippen LogP contribution < -0.4 is 10.1 Å². The first kappa shape index (κ1) is 21.4. The molecule has 0 unspecified atom stereocenters. The number of hydrogen-bond donors (Lipinski definition) is 2. The fourth-order valence-corrected chi connectivity index (χ4v) is 3.32. The molecule has 0 aliphatic carbocycles. The van der Waals surface area contributed by atoms with Gasteiger partial charge in [-0.15, -0.1) is 10.2 Å². The van der Waals surface area contributed by atoms with Crippen molar-refractivity contribution < 1.29 is 19.4 Å². The van der Waals surface area contributed by atoms with Gasteiger partial charge in [-0.2, -0.15) is 0 Å². The molecule has 8 nitrogen and oxygen atoms in total. The number of aromatic carboxylic acids is 1. The molecule has 0 saturated heterocycles. The number of benzene rings is 2. The summed E-state index contributed by atoms with van der Waals surface area (Å²) in [5.41, 5.74) is 1.94. The average Bonchev–Trinajstić information content (AvgIpc) is 3.11. The van der Waals surface area contributed by atoms with Gasteiger partial charge in [0.05, 0.1) is 11.3 Å². The SMILES string of the molecule is CCc1ccc(OCc2nnc(SCC(=O)Nc3ccc(C(=O)O)cc3)n2C)cc1. The second-order valence-corrected chi connectivity index (χ2v) is 7.41. The first-order valence-corrected chi connectivity index (χ1v) is 10.3. The minimum Gasteiger partial charge on any atom is -0.486 e. The van der Waals surface area contributed by atoms with Crippen molar-refractivity contribution in [2.24, 2.45) is 7.05 Å². The van der Waals surface area contributed by atoms with Gasteiger partial charge in [0.25, 0.3) is 0 Å². The van der Waals surface area contributed by atoms with E-state index in [1.807, 2.05) is 31.3 Å². The third-order valence-corrected chi connectivity index (χ3v) is 5.39. The summed E-state index contributed by atoms with van der Waals surface area (Å²) in [6.07, 6.45) is 0.978. The van der Waals surface area contributed by atoms with Crippen LogP contribution in [0.25, 0.3) is 0 Å². The number of carboxylic acid groups (broad SMARTS) is 1. The predicted molar refractivity (Wildman–Crippen MR) is 114 cm³/mol. The summed E-state index contributed by atoms with van der Waals surface area (Å²) in [5.74, 6) is 0.328. The zero-order valence-electron chi connectivity index (χ0n) is 16.7. The third-order valence-electron chi connectivity index (χ3n) is 4.37. The van der Waals surface area contributed by atoms with E-state index in [-0.39, 0.29) is 23.8 Å². The highest BCUT2D eigenvalue weighted by Gasteiger charge is 2.12. The molecule has 0 spiro atoms. The van der Waals surface area contributed by atoms with Gasteiger partial charge in [-0.25, -0.2) is 4.79 Å². The van der Waals surface area contributed by atoms with Crippen LogP contribution in [0.5, 0.6) is 5.75 Å². The van der Waals surface area contributed by atoms with Gasteiger partial charge in [0.2, 0.25) is 5.91 Å². The number of aromatic nitrogens is 3. The highest BCUT2D eigenvalue weighted by Crippen LogP contribution is 2.19. The fourth-order valence-electron chi connectivity index (χ4n) is 2.59. The van der Waals surface area contributed by atoms with Crippen molar-refractivity contribution in [3.05, 3.63) is 65.5 Å². The third kappa shape index (κ3) is 5.60. The van der Waals surface area contributed by atoms with E-state index in [4.69, 9.17) is 9.84 Å². The average molecular weight is 426 g/mol. The molecule has 2 N–H and O–H groups in total. The van der Waals surface area contributed by atoms with E-state index in [1.54, 1.807) is 16.7 Å². The monoisotopic (exact) mass is 426 g/mol. The maximum atomic E-state index is 12.2. The Morgan fingerprint density at radius 3 is 2.43 bits per heavy atom. The number of amides is 1.